The van der Waals surface area contributed by atoms with Crippen molar-refractivity contribution in [3.8, 4) is 5.75 Å². The molecule has 1 aliphatic heterocycles. The predicted octanol–water partition coefficient (Wildman–Crippen LogP) is 3.24. The van der Waals surface area contributed by atoms with Gasteiger partial charge in [-0.1, -0.05) is 0 Å². The molecule has 0 unspecified atom stereocenters. The Kier molecular flexibility index (Phi) is 4.77. The fraction of sp³-hybridized carbons (Fsp3) is 0.400. The Labute approximate surface area is 130 Å². The Balaban J connectivity index is 2.19. The largest absolute Gasteiger partial charge is 0.487 e. The minimum Gasteiger partial charge on any atom is -0.487 e. The van der Waals surface area contributed by atoms with Crippen LogP contribution < -0.4 is 10.1 Å². The fourth-order valence-corrected chi connectivity index (χ4v) is 5.37. The number of benzene rings is 1. The van der Waals surface area contributed by atoms with E-state index in [4.69, 9.17) is 4.74 Å². The summed E-state index contributed by atoms with van der Waals surface area (Å²) in [5, 5.41) is 3.31. The number of rotatable bonds is 2. The number of nitrogens with one attached hydrogen (secondary N) is 1. The zero-order valence-corrected chi connectivity index (χ0v) is 14.4. The van der Waals surface area contributed by atoms with Crippen LogP contribution in [0, 0.1) is 10.7 Å². The third kappa shape index (κ3) is 3.32. The maximum atomic E-state index is 6.01. The van der Waals surface area contributed by atoms with Gasteiger partial charge in [-0.15, -0.1) is 0 Å². The van der Waals surface area contributed by atoms with Crippen molar-refractivity contribution in [3.63, 3.8) is 0 Å². The van der Waals surface area contributed by atoms with Gasteiger partial charge in [0, 0.05) is 10.1 Å². The highest BCUT2D eigenvalue weighted by Crippen LogP contribution is 2.30. The smallest absolute Gasteiger partial charge is 0.146 e. The van der Waals surface area contributed by atoms with Crippen LogP contribution in [0.5, 0.6) is 5.75 Å². The normalized spacial score (nSPS) is 20.6. The molecule has 0 saturated carbocycles. The lowest BCUT2D eigenvalue weighted by Gasteiger charge is -2.15. The molecule has 1 saturated heterocycles. The lowest BCUT2D eigenvalue weighted by atomic mass is 10.3. The van der Waals surface area contributed by atoms with E-state index in [1.165, 1.54) is 10.7 Å². The fourth-order valence-electron chi connectivity index (χ4n) is 1.54. The van der Waals surface area contributed by atoms with Gasteiger partial charge < -0.3 is 10.1 Å². The number of hydrogen-bond donors (Lipinski definition) is 1. The van der Waals surface area contributed by atoms with Gasteiger partial charge >= 0.3 is 0 Å². The minimum absolute atomic E-state index is 0.340. The monoisotopic (exact) mass is 541 g/mol. The Morgan fingerprint density at radius 2 is 1.87 bits per heavy atom. The SMILES string of the molecule is Ic1cc(I)c(O[C@@H]2CCNC2)c(I)c1. The summed E-state index contributed by atoms with van der Waals surface area (Å²) in [6.07, 6.45) is 1.45. The molecule has 1 fully saturated rings. The molecule has 0 amide bonds. The van der Waals surface area contributed by atoms with Crippen LogP contribution in [0.1, 0.15) is 6.42 Å². The molecule has 0 aromatic heterocycles. The summed E-state index contributed by atoms with van der Waals surface area (Å²) in [5.74, 6) is 1.05. The first-order chi connectivity index (χ1) is 7.16. The van der Waals surface area contributed by atoms with E-state index in [2.05, 4.69) is 85.2 Å². The molecule has 1 heterocycles. The van der Waals surface area contributed by atoms with Crippen molar-refractivity contribution in [1.82, 2.24) is 5.32 Å². The average Bonchev–Trinajstić information content (AvgIpc) is 2.63. The highest BCUT2D eigenvalue weighted by atomic mass is 127. The molecule has 1 aliphatic rings. The second-order valence-electron chi connectivity index (χ2n) is 3.43. The van der Waals surface area contributed by atoms with Gasteiger partial charge in [0.1, 0.15) is 11.9 Å². The molecule has 0 bridgehead atoms. The molecular weight excluding hydrogens is 531 g/mol. The second kappa shape index (κ2) is 5.67. The van der Waals surface area contributed by atoms with E-state index in [1.54, 1.807) is 0 Å². The number of ether oxygens (including phenoxy) is 1. The van der Waals surface area contributed by atoms with Crippen molar-refractivity contribution in [2.45, 2.75) is 12.5 Å². The van der Waals surface area contributed by atoms with Crippen molar-refractivity contribution < 1.29 is 4.74 Å². The lowest BCUT2D eigenvalue weighted by molar-refractivity contribution is 0.219. The van der Waals surface area contributed by atoms with Gasteiger partial charge in [-0.3, -0.25) is 0 Å². The van der Waals surface area contributed by atoms with E-state index >= 15 is 0 Å². The van der Waals surface area contributed by atoms with Crippen LogP contribution in [0.3, 0.4) is 0 Å². The van der Waals surface area contributed by atoms with Crippen LogP contribution in [0.4, 0.5) is 0 Å². The Bertz CT molecular complexity index is 341. The highest BCUT2D eigenvalue weighted by molar-refractivity contribution is 14.1. The molecule has 5 heteroatoms. The van der Waals surface area contributed by atoms with Crippen LogP contribution in [0.15, 0.2) is 12.1 Å². The van der Waals surface area contributed by atoms with Gasteiger partial charge in [0.2, 0.25) is 0 Å². The minimum atomic E-state index is 0.340. The molecule has 1 N–H and O–H groups in total. The van der Waals surface area contributed by atoms with Gasteiger partial charge in [0.05, 0.1) is 7.14 Å². The molecule has 0 spiro atoms. The van der Waals surface area contributed by atoms with Crippen LogP contribution in [0.2, 0.25) is 0 Å². The maximum absolute atomic E-state index is 6.01. The summed E-state index contributed by atoms with van der Waals surface area (Å²) in [6, 6.07) is 4.31. The molecule has 0 radical (unpaired) electrons. The maximum Gasteiger partial charge on any atom is 0.146 e. The molecule has 15 heavy (non-hydrogen) atoms. The van der Waals surface area contributed by atoms with E-state index in [-0.39, 0.29) is 0 Å². The molecule has 2 nitrogen and oxygen atoms in total. The summed E-state index contributed by atoms with van der Waals surface area (Å²) in [4.78, 5) is 0. The van der Waals surface area contributed by atoms with E-state index in [0.29, 0.717) is 6.10 Å². The van der Waals surface area contributed by atoms with Crippen molar-refractivity contribution in [2.24, 2.45) is 0 Å². The summed E-state index contributed by atoms with van der Waals surface area (Å²) < 4.78 is 9.68. The number of hydrogen-bond acceptors (Lipinski definition) is 2. The summed E-state index contributed by atoms with van der Waals surface area (Å²) >= 11 is 7.02. The quantitative estimate of drug-likeness (QED) is 0.582. The predicted molar refractivity (Wildman–Crippen MR) is 86.5 cm³/mol. The van der Waals surface area contributed by atoms with Gasteiger partial charge in [0.25, 0.3) is 0 Å². The third-order valence-corrected chi connectivity index (χ3v) is 4.49. The lowest BCUT2D eigenvalue weighted by Crippen LogP contribution is -2.20. The van der Waals surface area contributed by atoms with Crippen LogP contribution in [0.25, 0.3) is 0 Å². The summed E-state index contributed by atoms with van der Waals surface area (Å²) in [5.41, 5.74) is 0. The first-order valence-corrected chi connectivity index (χ1v) is 7.92. The van der Waals surface area contributed by atoms with Crippen LogP contribution in [-0.4, -0.2) is 19.2 Å². The van der Waals surface area contributed by atoms with Crippen molar-refractivity contribution >= 4 is 67.8 Å². The van der Waals surface area contributed by atoms with E-state index in [1.807, 2.05) is 0 Å². The molecular formula is C10H10I3NO. The third-order valence-electron chi connectivity index (χ3n) is 2.26. The summed E-state index contributed by atoms with van der Waals surface area (Å²) in [6.45, 7) is 2.04. The zero-order chi connectivity index (χ0) is 10.8. The van der Waals surface area contributed by atoms with E-state index < -0.39 is 0 Å². The van der Waals surface area contributed by atoms with Gasteiger partial charge in [0.15, 0.2) is 0 Å². The molecule has 82 valence electrons. The van der Waals surface area contributed by atoms with Crippen molar-refractivity contribution in [2.75, 3.05) is 13.1 Å². The Hall–Kier alpha value is 1.17. The first-order valence-electron chi connectivity index (χ1n) is 4.69. The average molecular weight is 541 g/mol. The second-order valence-corrected chi connectivity index (χ2v) is 7.00. The van der Waals surface area contributed by atoms with Gasteiger partial charge in [-0.2, -0.15) is 0 Å². The Morgan fingerprint density at radius 1 is 1.20 bits per heavy atom. The first kappa shape index (κ1) is 12.6. The van der Waals surface area contributed by atoms with Crippen molar-refractivity contribution in [3.05, 3.63) is 22.8 Å². The molecule has 2 rings (SSSR count). The van der Waals surface area contributed by atoms with E-state index in [0.717, 1.165) is 25.3 Å². The van der Waals surface area contributed by atoms with Gasteiger partial charge in [-0.25, -0.2) is 0 Å². The standard InChI is InChI=1S/C10H10I3NO/c11-6-3-8(12)10(9(13)4-6)15-7-1-2-14-5-7/h3-4,7,14H,1-2,5H2/t7-/m1/s1. The Morgan fingerprint density at radius 3 is 2.40 bits per heavy atom. The van der Waals surface area contributed by atoms with Crippen molar-refractivity contribution in [1.29, 1.82) is 0 Å². The molecule has 1 aromatic rings. The topological polar surface area (TPSA) is 21.3 Å². The number of halogens is 3. The zero-order valence-electron chi connectivity index (χ0n) is 7.90. The van der Waals surface area contributed by atoms with Gasteiger partial charge in [-0.05, 0) is 92.9 Å². The highest BCUT2D eigenvalue weighted by Gasteiger charge is 2.18. The van der Waals surface area contributed by atoms with Crippen LogP contribution >= 0.6 is 67.8 Å². The molecule has 0 aliphatic carbocycles. The molecule has 1 aromatic carbocycles. The summed E-state index contributed by atoms with van der Waals surface area (Å²) in [7, 11) is 0. The molecule has 1 atom stereocenters. The van der Waals surface area contributed by atoms with E-state index in [9.17, 15) is 0 Å². The van der Waals surface area contributed by atoms with Crippen LogP contribution in [-0.2, 0) is 0 Å².